The van der Waals surface area contributed by atoms with Crippen LogP contribution >= 0.6 is 0 Å². The van der Waals surface area contributed by atoms with E-state index < -0.39 is 0 Å². The van der Waals surface area contributed by atoms with Gasteiger partial charge in [-0.05, 0) is 39.9 Å². The smallest absolute Gasteiger partial charge is 0.324 e. The van der Waals surface area contributed by atoms with Gasteiger partial charge in [0, 0.05) is 25.7 Å². The van der Waals surface area contributed by atoms with Crippen molar-refractivity contribution in [3.63, 3.8) is 0 Å². The zero-order chi connectivity index (χ0) is 13.0. The quantitative estimate of drug-likeness (QED) is 0.715. The van der Waals surface area contributed by atoms with Gasteiger partial charge in [-0.3, -0.25) is 9.69 Å². The predicted molar refractivity (Wildman–Crippen MR) is 70.5 cm³/mol. The second kappa shape index (κ2) is 6.50. The van der Waals surface area contributed by atoms with Crippen LogP contribution in [0.4, 0.5) is 0 Å². The van der Waals surface area contributed by atoms with Crippen molar-refractivity contribution in [1.29, 1.82) is 0 Å². The minimum atomic E-state index is -0.0906. The third-order valence-corrected chi connectivity index (χ3v) is 4.00. The molecule has 0 spiro atoms. The van der Waals surface area contributed by atoms with E-state index in [1.165, 1.54) is 0 Å². The molecule has 0 aromatic rings. The van der Waals surface area contributed by atoms with Gasteiger partial charge >= 0.3 is 5.97 Å². The molecule has 2 fully saturated rings. The lowest BCUT2D eigenvalue weighted by atomic mass is 10.00. The molecule has 0 amide bonds. The molecule has 2 aliphatic heterocycles. The zero-order valence-corrected chi connectivity index (χ0v) is 11.5. The number of likely N-dealkylation sites (tertiary alicyclic amines) is 1. The highest BCUT2D eigenvalue weighted by Crippen LogP contribution is 2.19. The Bertz CT molecular complexity index is 277. The van der Waals surface area contributed by atoms with E-state index in [-0.39, 0.29) is 12.0 Å². The van der Waals surface area contributed by atoms with E-state index in [1.54, 1.807) is 0 Å². The molecular formula is C13H25N3O2. The molecule has 2 rings (SSSR count). The topological polar surface area (TPSA) is 44.8 Å². The maximum Gasteiger partial charge on any atom is 0.324 e. The highest BCUT2D eigenvalue weighted by molar-refractivity contribution is 5.76. The van der Waals surface area contributed by atoms with Crippen molar-refractivity contribution in [2.24, 2.45) is 0 Å². The Labute approximate surface area is 109 Å². The summed E-state index contributed by atoms with van der Waals surface area (Å²) in [6.45, 7) is 7.25. The van der Waals surface area contributed by atoms with Gasteiger partial charge in [-0.2, -0.15) is 0 Å². The SMILES string of the molecule is CCOC(=O)[C@@H]1CNCCN1C1CCN(C)CC1. The second-order valence-corrected chi connectivity index (χ2v) is 5.24. The van der Waals surface area contributed by atoms with Crippen molar-refractivity contribution < 1.29 is 9.53 Å². The number of rotatable bonds is 3. The molecule has 1 atom stereocenters. The first-order valence-electron chi connectivity index (χ1n) is 7.04. The van der Waals surface area contributed by atoms with Gasteiger partial charge in [0.05, 0.1) is 6.61 Å². The summed E-state index contributed by atoms with van der Waals surface area (Å²) in [6, 6.07) is 0.449. The Balaban J connectivity index is 1.96. The van der Waals surface area contributed by atoms with E-state index in [4.69, 9.17) is 4.74 Å². The van der Waals surface area contributed by atoms with Crippen molar-refractivity contribution >= 4 is 5.97 Å². The number of esters is 1. The van der Waals surface area contributed by atoms with Crippen molar-refractivity contribution in [1.82, 2.24) is 15.1 Å². The van der Waals surface area contributed by atoms with Crippen LogP contribution in [0.25, 0.3) is 0 Å². The summed E-state index contributed by atoms with van der Waals surface area (Å²) in [6.07, 6.45) is 2.32. The van der Waals surface area contributed by atoms with Crippen LogP contribution < -0.4 is 5.32 Å². The van der Waals surface area contributed by atoms with Gasteiger partial charge in [-0.1, -0.05) is 0 Å². The summed E-state index contributed by atoms with van der Waals surface area (Å²) in [5.41, 5.74) is 0. The van der Waals surface area contributed by atoms with Gasteiger partial charge in [0.1, 0.15) is 6.04 Å². The van der Waals surface area contributed by atoms with Crippen LogP contribution in [0.3, 0.4) is 0 Å². The lowest BCUT2D eigenvalue weighted by Crippen LogP contribution is -2.60. The Morgan fingerprint density at radius 3 is 2.72 bits per heavy atom. The summed E-state index contributed by atoms with van der Waals surface area (Å²) in [5, 5.41) is 3.30. The fourth-order valence-corrected chi connectivity index (χ4v) is 2.94. The summed E-state index contributed by atoms with van der Waals surface area (Å²) in [4.78, 5) is 16.7. The van der Waals surface area contributed by atoms with Crippen LogP contribution in [-0.2, 0) is 9.53 Å². The second-order valence-electron chi connectivity index (χ2n) is 5.24. The number of carbonyl (C=O) groups is 1. The predicted octanol–water partition coefficient (Wildman–Crippen LogP) is -0.0825. The third-order valence-electron chi connectivity index (χ3n) is 4.00. The Kier molecular flexibility index (Phi) is 4.97. The molecule has 18 heavy (non-hydrogen) atoms. The molecule has 104 valence electrons. The number of nitrogens with one attached hydrogen (secondary N) is 1. The standard InChI is InChI=1S/C13H25N3O2/c1-3-18-13(17)12-10-14-6-9-16(12)11-4-7-15(2)8-5-11/h11-12,14H,3-10H2,1-2H3/t12-/m0/s1. The van der Waals surface area contributed by atoms with Crippen molar-refractivity contribution in [2.45, 2.75) is 31.8 Å². The first-order valence-corrected chi connectivity index (χ1v) is 7.04. The van der Waals surface area contributed by atoms with Crippen LogP contribution in [0.2, 0.25) is 0 Å². The van der Waals surface area contributed by atoms with E-state index in [0.717, 1.165) is 45.6 Å². The lowest BCUT2D eigenvalue weighted by Gasteiger charge is -2.43. The molecule has 0 aromatic heterocycles. The minimum absolute atomic E-state index is 0.0661. The number of ether oxygens (including phenoxy) is 1. The number of piperidine rings is 1. The maximum absolute atomic E-state index is 12.0. The monoisotopic (exact) mass is 255 g/mol. The van der Waals surface area contributed by atoms with Crippen LogP contribution in [-0.4, -0.2) is 74.2 Å². The van der Waals surface area contributed by atoms with E-state index in [1.807, 2.05) is 6.92 Å². The fraction of sp³-hybridized carbons (Fsp3) is 0.923. The third kappa shape index (κ3) is 3.22. The van der Waals surface area contributed by atoms with Gasteiger partial charge in [-0.25, -0.2) is 0 Å². The van der Waals surface area contributed by atoms with Gasteiger partial charge in [0.15, 0.2) is 0 Å². The molecule has 2 heterocycles. The minimum Gasteiger partial charge on any atom is -0.465 e. The van der Waals surface area contributed by atoms with Gasteiger partial charge in [0.25, 0.3) is 0 Å². The van der Waals surface area contributed by atoms with Crippen LogP contribution in [0.15, 0.2) is 0 Å². The summed E-state index contributed by atoms with van der Waals surface area (Å²) in [7, 11) is 2.16. The largest absolute Gasteiger partial charge is 0.465 e. The van der Waals surface area contributed by atoms with Crippen molar-refractivity contribution in [3.05, 3.63) is 0 Å². The highest BCUT2D eigenvalue weighted by atomic mass is 16.5. The van der Waals surface area contributed by atoms with Crippen LogP contribution in [0, 0.1) is 0 Å². The molecule has 1 N–H and O–H groups in total. The number of hydrogen-bond donors (Lipinski definition) is 1. The first-order chi connectivity index (χ1) is 8.72. The fourth-order valence-electron chi connectivity index (χ4n) is 2.94. The van der Waals surface area contributed by atoms with Gasteiger partial charge in [-0.15, -0.1) is 0 Å². The molecule has 5 nitrogen and oxygen atoms in total. The van der Waals surface area contributed by atoms with Crippen molar-refractivity contribution in [2.75, 3.05) is 46.4 Å². The average Bonchev–Trinajstić information content (AvgIpc) is 2.40. The van der Waals surface area contributed by atoms with E-state index >= 15 is 0 Å². The molecule has 2 aliphatic rings. The summed E-state index contributed by atoms with van der Waals surface area (Å²) >= 11 is 0. The van der Waals surface area contributed by atoms with Gasteiger partial charge < -0.3 is 15.0 Å². The van der Waals surface area contributed by atoms with E-state index in [2.05, 4.69) is 22.2 Å². The zero-order valence-electron chi connectivity index (χ0n) is 11.5. The Morgan fingerprint density at radius 1 is 1.33 bits per heavy atom. The normalized spacial score (nSPS) is 28.2. The van der Waals surface area contributed by atoms with Crippen molar-refractivity contribution in [3.8, 4) is 0 Å². The maximum atomic E-state index is 12.0. The van der Waals surface area contributed by atoms with Crippen LogP contribution in [0.5, 0.6) is 0 Å². The lowest BCUT2D eigenvalue weighted by molar-refractivity contribution is -0.151. The molecular weight excluding hydrogens is 230 g/mol. The summed E-state index contributed by atoms with van der Waals surface area (Å²) < 4.78 is 5.19. The average molecular weight is 255 g/mol. The summed E-state index contributed by atoms with van der Waals surface area (Å²) in [5.74, 6) is -0.0661. The number of hydrogen-bond acceptors (Lipinski definition) is 5. The van der Waals surface area contributed by atoms with Crippen LogP contribution in [0.1, 0.15) is 19.8 Å². The Morgan fingerprint density at radius 2 is 2.06 bits per heavy atom. The highest BCUT2D eigenvalue weighted by Gasteiger charge is 2.35. The molecule has 0 aromatic carbocycles. The van der Waals surface area contributed by atoms with E-state index in [0.29, 0.717) is 12.6 Å². The molecule has 0 radical (unpaired) electrons. The van der Waals surface area contributed by atoms with E-state index in [9.17, 15) is 4.79 Å². The molecule has 2 saturated heterocycles. The Hall–Kier alpha value is -0.650. The number of piperazine rings is 1. The molecule has 0 unspecified atom stereocenters. The first kappa shape index (κ1) is 13.8. The van der Waals surface area contributed by atoms with Gasteiger partial charge in [0.2, 0.25) is 0 Å². The molecule has 0 saturated carbocycles. The number of carbonyl (C=O) groups excluding carboxylic acids is 1. The molecule has 0 bridgehead atoms. The molecule has 0 aliphatic carbocycles. The molecule has 5 heteroatoms. The number of nitrogens with zero attached hydrogens (tertiary/aromatic N) is 2.